The van der Waals surface area contributed by atoms with Crippen molar-refractivity contribution >= 4 is 17.7 Å². The van der Waals surface area contributed by atoms with Gasteiger partial charge in [0.15, 0.2) is 0 Å². The van der Waals surface area contributed by atoms with E-state index in [4.69, 9.17) is 4.74 Å². The molecule has 1 saturated heterocycles. The van der Waals surface area contributed by atoms with E-state index in [2.05, 4.69) is 5.32 Å². The van der Waals surface area contributed by atoms with Gasteiger partial charge in [0.2, 0.25) is 5.91 Å². The molecule has 0 aliphatic carbocycles. The fourth-order valence-corrected chi connectivity index (χ4v) is 4.50. The zero-order valence-electron chi connectivity index (χ0n) is 18.5. The first-order valence-electron chi connectivity index (χ1n) is 10.9. The molecular weight excluding hydrogens is 395 g/mol. The van der Waals surface area contributed by atoms with Crippen molar-refractivity contribution in [2.75, 3.05) is 18.4 Å². The Hall–Kier alpha value is -2.89. The number of nitrogens with zero attached hydrogens (tertiary/aromatic N) is 1. The molecule has 0 radical (unpaired) electrons. The van der Waals surface area contributed by atoms with Gasteiger partial charge in [0.05, 0.1) is 5.41 Å². The maximum atomic E-state index is 14.3. The van der Waals surface area contributed by atoms with Crippen molar-refractivity contribution in [2.24, 2.45) is 0 Å². The van der Waals surface area contributed by atoms with E-state index in [-0.39, 0.29) is 17.8 Å². The number of aryl methyl sites for hydroxylation is 1. The van der Waals surface area contributed by atoms with Gasteiger partial charge in [-0.15, -0.1) is 0 Å². The molecule has 2 aromatic rings. The first-order chi connectivity index (χ1) is 14.6. The molecule has 2 aliphatic rings. The van der Waals surface area contributed by atoms with Crippen LogP contribution < -0.4 is 5.32 Å². The summed E-state index contributed by atoms with van der Waals surface area (Å²) in [6.07, 6.45) is 1.35. The summed E-state index contributed by atoms with van der Waals surface area (Å²) in [5.41, 5.74) is 2.85. The Morgan fingerprint density at radius 1 is 1.13 bits per heavy atom. The number of nitrogens with one attached hydrogen (secondary N) is 1. The number of rotatable bonds is 2. The van der Waals surface area contributed by atoms with Crippen LogP contribution in [0.3, 0.4) is 0 Å². The lowest BCUT2D eigenvalue weighted by Gasteiger charge is -2.38. The van der Waals surface area contributed by atoms with Gasteiger partial charge < -0.3 is 15.0 Å². The summed E-state index contributed by atoms with van der Waals surface area (Å²) in [5.74, 6) is -0.244. The van der Waals surface area contributed by atoms with E-state index in [1.807, 2.05) is 58.0 Å². The average molecular weight is 425 g/mol. The van der Waals surface area contributed by atoms with Gasteiger partial charge in [-0.2, -0.15) is 0 Å². The van der Waals surface area contributed by atoms with Crippen LogP contribution in [0.4, 0.5) is 14.9 Å². The van der Waals surface area contributed by atoms with E-state index in [1.54, 1.807) is 11.0 Å². The third kappa shape index (κ3) is 3.91. The SMILES string of the molecule is CCc1ccc(-c2ccc3c(c2)C2(CCN(C(=O)OC(C)(C)C)CC2)C(=O)N3)cc1F. The number of halogens is 1. The van der Waals surface area contributed by atoms with Gasteiger partial charge in [-0.3, -0.25) is 4.79 Å². The molecule has 31 heavy (non-hydrogen) atoms. The van der Waals surface area contributed by atoms with E-state index >= 15 is 0 Å². The minimum absolute atomic E-state index is 0.0315. The predicted molar refractivity (Wildman–Crippen MR) is 119 cm³/mol. The second-order valence-electron chi connectivity index (χ2n) is 9.42. The Bertz CT molecular complexity index is 1030. The second-order valence-corrected chi connectivity index (χ2v) is 9.42. The fourth-order valence-electron chi connectivity index (χ4n) is 4.50. The van der Waals surface area contributed by atoms with Crippen molar-refractivity contribution in [1.82, 2.24) is 4.90 Å². The zero-order chi connectivity index (χ0) is 22.4. The molecule has 0 bridgehead atoms. The van der Waals surface area contributed by atoms with Crippen LogP contribution in [-0.2, 0) is 21.4 Å². The quantitative estimate of drug-likeness (QED) is 0.714. The highest BCUT2D eigenvalue weighted by Gasteiger charge is 2.49. The van der Waals surface area contributed by atoms with E-state index in [0.29, 0.717) is 37.9 Å². The lowest BCUT2D eigenvalue weighted by molar-refractivity contribution is -0.122. The largest absolute Gasteiger partial charge is 0.444 e. The first kappa shape index (κ1) is 21.3. The van der Waals surface area contributed by atoms with Crippen LogP contribution in [0.2, 0.25) is 0 Å². The number of piperidine rings is 1. The number of amides is 2. The summed E-state index contributed by atoms with van der Waals surface area (Å²) in [6.45, 7) is 8.35. The van der Waals surface area contributed by atoms with E-state index < -0.39 is 11.0 Å². The molecule has 5 nitrogen and oxygen atoms in total. The molecule has 1 spiro atoms. The van der Waals surface area contributed by atoms with Crippen molar-refractivity contribution in [1.29, 1.82) is 0 Å². The molecule has 164 valence electrons. The summed E-state index contributed by atoms with van der Waals surface area (Å²) < 4.78 is 19.8. The van der Waals surface area contributed by atoms with Crippen LogP contribution in [0.1, 0.15) is 51.7 Å². The topological polar surface area (TPSA) is 58.6 Å². The van der Waals surface area contributed by atoms with Crippen molar-refractivity contribution in [2.45, 2.75) is 58.0 Å². The predicted octanol–water partition coefficient (Wildman–Crippen LogP) is 5.28. The molecule has 1 N–H and O–H groups in total. The number of hydrogen-bond acceptors (Lipinski definition) is 3. The van der Waals surface area contributed by atoms with E-state index in [0.717, 1.165) is 22.4 Å². The third-order valence-corrected chi connectivity index (χ3v) is 6.25. The first-order valence-corrected chi connectivity index (χ1v) is 10.9. The molecule has 2 heterocycles. The zero-order valence-corrected chi connectivity index (χ0v) is 18.5. The van der Waals surface area contributed by atoms with Crippen molar-refractivity contribution < 1.29 is 18.7 Å². The van der Waals surface area contributed by atoms with Crippen LogP contribution in [-0.4, -0.2) is 35.6 Å². The van der Waals surface area contributed by atoms with Crippen molar-refractivity contribution in [3.8, 4) is 11.1 Å². The number of benzene rings is 2. The lowest BCUT2D eigenvalue weighted by atomic mass is 9.73. The second kappa shape index (κ2) is 7.66. The lowest BCUT2D eigenvalue weighted by Crippen LogP contribution is -2.49. The number of likely N-dealkylation sites (tertiary alicyclic amines) is 1. The number of hydrogen-bond donors (Lipinski definition) is 1. The number of ether oxygens (including phenoxy) is 1. The maximum absolute atomic E-state index is 14.3. The molecule has 0 atom stereocenters. The van der Waals surface area contributed by atoms with Crippen LogP contribution in [0.15, 0.2) is 36.4 Å². The summed E-state index contributed by atoms with van der Waals surface area (Å²) in [5, 5.41) is 3.00. The summed E-state index contributed by atoms with van der Waals surface area (Å²) >= 11 is 0. The Balaban J connectivity index is 1.60. The van der Waals surface area contributed by atoms with Crippen molar-refractivity contribution in [3.05, 3.63) is 53.3 Å². The molecule has 4 rings (SSSR count). The number of anilines is 1. The Kier molecular flexibility index (Phi) is 5.28. The highest BCUT2D eigenvalue weighted by molar-refractivity contribution is 6.07. The smallest absolute Gasteiger partial charge is 0.410 e. The van der Waals surface area contributed by atoms with Crippen LogP contribution in [0, 0.1) is 5.82 Å². The molecule has 0 saturated carbocycles. The maximum Gasteiger partial charge on any atom is 0.410 e. The molecule has 0 unspecified atom stereocenters. The van der Waals surface area contributed by atoms with Crippen LogP contribution in [0.25, 0.3) is 11.1 Å². The number of carbonyl (C=O) groups excluding carboxylic acids is 2. The molecule has 1 fully saturated rings. The van der Waals surface area contributed by atoms with Gasteiger partial charge >= 0.3 is 6.09 Å². The molecule has 0 aromatic heterocycles. The standard InChI is InChI=1S/C25H29FN2O3/c1-5-16-6-7-18(15-20(16)26)17-8-9-21-19(14-17)25(22(29)27-21)10-12-28(13-11-25)23(30)31-24(2,3)4/h6-9,14-15H,5,10-13H2,1-4H3,(H,27,29). The Morgan fingerprint density at radius 2 is 1.77 bits per heavy atom. The van der Waals surface area contributed by atoms with Crippen molar-refractivity contribution in [3.63, 3.8) is 0 Å². The summed E-state index contributed by atoms with van der Waals surface area (Å²) in [4.78, 5) is 27.1. The van der Waals surface area contributed by atoms with E-state index in [9.17, 15) is 14.0 Å². The number of carbonyl (C=O) groups is 2. The molecule has 6 heteroatoms. The molecule has 2 aliphatic heterocycles. The Labute approximate surface area is 182 Å². The highest BCUT2D eigenvalue weighted by atomic mass is 19.1. The monoisotopic (exact) mass is 424 g/mol. The fraction of sp³-hybridized carbons (Fsp3) is 0.440. The highest BCUT2D eigenvalue weighted by Crippen LogP contribution is 2.46. The normalized spacial score (nSPS) is 17.5. The van der Waals surface area contributed by atoms with Gasteiger partial charge in [-0.05, 0) is 80.5 Å². The van der Waals surface area contributed by atoms with Gasteiger partial charge in [0.25, 0.3) is 0 Å². The number of fused-ring (bicyclic) bond motifs is 2. The van der Waals surface area contributed by atoms with E-state index in [1.165, 1.54) is 0 Å². The van der Waals surface area contributed by atoms with Gasteiger partial charge in [0, 0.05) is 18.8 Å². The molecule has 2 amide bonds. The van der Waals surface area contributed by atoms with Gasteiger partial charge in [-0.25, -0.2) is 9.18 Å². The molecule has 2 aromatic carbocycles. The minimum atomic E-state index is -0.675. The Morgan fingerprint density at radius 3 is 2.39 bits per heavy atom. The minimum Gasteiger partial charge on any atom is -0.444 e. The summed E-state index contributed by atoms with van der Waals surface area (Å²) in [7, 11) is 0. The summed E-state index contributed by atoms with van der Waals surface area (Å²) in [6, 6.07) is 11.1. The molecular formula is C25H29FN2O3. The van der Waals surface area contributed by atoms with Gasteiger partial charge in [0.1, 0.15) is 11.4 Å². The average Bonchev–Trinajstić information content (AvgIpc) is 2.98. The van der Waals surface area contributed by atoms with Crippen LogP contribution >= 0.6 is 0 Å². The van der Waals surface area contributed by atoms with Gasteiger partial charge in [-0.1, -0.05) is 25.1 Å². The third-order valence-electron chi connectivity index (χ3n) is 6.25. The van der Waals surface area contributed by atoms with Crippen LogP contribution in [0.5, 0.6) is 0 Å².